The minimum absolute atomic E-state index is 0.0543. The summed E-state index contributed by atoms with van der Waals surface area (Å²) < 4.78 is 7.19. The standard InChI is InChI=1S/C17H24N4O2/c1-2-21-12-15(10-19-21)14-5-7-20(8-6-14)13-17(22)18-11-16-4-3-9-23-16/h3-4,9-10,12,14H,2,5-8,11,13H2,1H3,(H,18,22). The van der Waals surface area contributed by atoms with Gasteiger partial charge < -0.3 is 9.73 Å². The summed E-state index contributed by atoms with van der Waals surface area (Å²) in [6, 6.07) is 3.69. The maximum atomic E-state index is 12.0. The van der Waals surface area contributed by atoms with E-state index >= 15 is 0 Å². The van der Waals surface area contributed by atoms with Crippen LogP contribution in [0.3, 0.4) is 0 Å². The van der Waals surface area contributed by atoms with Crippen molar-refractivity contribution in [1.29, 1.82) is 0 Å². The van der Waals surface area contributed by atoms with E-state index in [1.807, 2.05) is 23.0 Å². The summed E-state index contributed by atoms with van der Waals surface area (Å²) in [6.45, 7) is 5.84. The molecule has 2 aromatic rings. The lowest BCUT2D eigenvalue weighted by molar-refractivity contribution is -0.122. The normalized spacial score (nSPS) is 16.6. The highest BCUT2D eigenvalue weighted by Crippen LogP contribution is 2.27. The Bertz CT molecular complexity index is 612. The molecule has 0 saturated carbocycles. The predicted molar refractivity (Wildman–Crippen MR) is 86.9 cm³/mol. The number of rotatable bonds is 6. The molecule has 1 aliphatic heterocycles. The van der Waals surface area contributed by atoms with Gasteiger partial charge in [-0.05, 0) is 56.5 Å². The third kappa shape index (κ3) is 4.22. The van der Waals surface area contributed by atoms with Crippen LogP contribution in [0, 0.1) is 0 Å². The second kappa shape index (κ2) is 7.46. The maximum absolute atomic E-state index is 12.0. The molecule has 1 amide bonds. The Morgan fingerprint density at radius 3 is 2.91 bits per heavy atom. The average Bonchev–Trinajstić information content (AvgIpc) is 3.25. The molecule has 1 aliphatic rings. The summed E-state index contributed by atoms with van der Waals surface area (Å²) in [7, 11) is 0. The molecule has 6 heteroatoms. The zero-order chi connectivity index (χ0) is 16.1. The molecule has 0 radical (unpaired) electrons. The van der Waals surface area contributed by atoms with E-state index in [0.29, 0.717) is 19.0 Å². The minimum atomic E-state index is 0.0543. The van der Waals surface area contributed by atoms with Crippen LogP contribution in [-0.4, -0.2) is 40.2 Å². The molecule has 3 rings (SSSR count). The van der Waals surface area contributed by atoms with Crippen LogP contribution in [0.25, 0.3) is 0 Å². The summed E-state index contributed by atoms with van der Waals surface area (Å²) >= 11 is 0. The zero-order valence-electron chi connectivity index (χ0n) is 13.6. The molecule has 3 heterocycles. The van der Waals surface area contributed by atoms with Crippen LogP contribution in [0.1, 0.15) is 37.0 Å². The van der Waals surface area contributed by atoms with E-state index in [1.54, 1.807) is 6.26 Å². The molecular formula is C17H24N4O2. The topological polar surface area (TPSA) is 63.3 Å². The number of nitrogens with one attached hydrogen (secondary N) is 1. The molecule has 0 unspecified atom stereocenters. The smallest absolute Gasteiger partial charge is 0.234 e. The van der Waals surface area contributed by atoms with Crippen LogP contribution in [0.15, 0.2) is 35.2 Å². The zero-order valence-corrected chi connectivity index (χ0v) is 13.6. The largest absolute Gasteiger partial charge is 0.467 e. The van der Waals surface area contributed by atoms with E-state index in [-0.39, 0.29) is 5.91 Å². The van der Waals surface area contributed by atoms with Gasteiger partial charge in [0.1, 0.15) is 5.76 Å². The Balaban J connectivity index is 1.41. The fraction of sp³-hybridized carbons (Fsp3) is 0.529. The van der Waals surface area contributed by atoms with Crippen LogP contribution < -0.4 is 5.32 Å². The number of carbonyl (C=O) groups is 1. The van der Waals surface area contributed by atoms with Gasteiger partial charge in [-0.25, -0.2) is 0 Å². The van der Waals surface area contributed by atoms with E-state index in [1.165, 1.54) is 5.56 Å². The number of piperidine rings is 1. The van der Waals surface area contributed by atoms with Crippen molar-refractivity contribution < 1.29 is 9.21 Å². The van der Waals surface area contributed by atoms with Gasteiger partial charge in [-0.3, -0.25) is 14.4 Å². The molecule has 1 N–H and O–H groups in total. The molecule has 0 spiro atoms. The predicted octanol–water partition coefficient (Wildman–Crippen LogP) is 1.99. The van der Waals surface area contributed by atoms with Crippen molar-refractivity contribution in [2.24, 2.45) is 0 Å². The van der Waals surface area contributed by atoms with Crippen molar-refractivity contribution in [3.05, 3.63) is 42.1 Å². The second-order valence-corrected chi connectivity index (χ2v) is 6.04. The van der Waals surface area contributed by atoms with Crippen molar-refractivity contribution in [2.75, 3.05) is 19.6 Å². The van der Waals surface area contributed by atoms with Crippen LogP contribution in [0.2, 0.25) is 0 Å². The first-order chi connectivity index (χ1) is 11.2. The van der Waals surface area contributed by atoms with E-state index < -0.39 is 0 Å². The number of carbonyl (C=O) groups excluding carboxylic acids is 1. The molecule has 1 saturated heterocycles. The lowest BCUT2D eigenvalue weighted by Crippen LogP contribution is -2.40. The number of aryl methyl sites for hydroxylation is 1. The summed E-state index contributed by atoms with van der Waals surface area (Å²) in [4.78, 5) is 14.2. The van der Waals surface area contributed by atoms with Crippen molar-refractivity contribution in [3.8, 4) is 0 Å². The summed E-state index contributed by atoms with van der Waals surface area (Å²) in [5.74, 6) is 1.40. The molecular weight excluding hydrogens is 292 g/mol. The summed E-state index contributed by atoms with van der Waals surface area (Å²) in [6.07, 6.45) is 7.92. The van der Waals surface area contributed by atoms with Gasteiger partial charge in [-0.15, -0.1) is 0 Å². The Hall–Kier alpha value is -2.08. The van der Waals surface area contributed by atoms with Gasteiger partial charge in [0.15, 0.2) is 0 Å². The number of furan rings is 1. The third-order valence-electron chi connectivity index (χ3n) is 4.44. The quantitative estimate of drug-likeness (QED) is 0.885. The number of amides is 1. The Morgan fingerprint density at radius 1 is 1.43 bits per heavy atom. The van der Waals surface area contributed by atoms with Crippen LogP contribution >= 0.6 is 0 Å². The minimum Gasteiger partial charge on any atom is -0.467 e. The van der Waals surface area contributed by atoms with Crippen molar-refractivity contribution >= 4 is 5.91 Å². The molecule has 0 atom stereocenters. The van der Waals surface area contributed by atoms with Gasteiger partial charge in [-0.1, -0.05) is 0 Å². The number of hydrogen-bond acceptors (Lipinski definition) is 4. The molecule has 6 nitrogen and oxygen atoms in total. The number of likely N-dealkylation sites (tertiary alicyclic amines) is 1. The van der Waals surface area contributed by atoms with E-state index in [2.05, 4.69) is 28.4 Å². The van der Waals surface area contributed by atoms with Crippen molar-refractivity contribution in [2.45, 2.75) is 38.8 Å². The molecule has 2 aromatic heterocycles. The van der Waals surface area contributed by atoms with Crippen LogP contribution in [-0.2, 0) is 17.9 Å². The fourth-order valence-corrected chi connectivity index (χ4v) is 3.05. The molecule has 0 aliphatic carbocycles. The van der Waals surface area contributed by atoms with Crippen LogP contribution in [0.5, 0.6) is 0 Å². The lowest BCUT2D eigenvalue weighted by Gasteiger charge is -2.30. The van der Waals surface area contributed by atoms with E-state index in [0.717, 1.165) is 38.2 Å². The Kier molecular flexibility index (Phi) is 5.12. The van der Waals surface area contributed by atoms with Gasteiger partial charge >= 0.3 is 0 Å². The van der Waals surface area contributed by atoms with Crippen LogP contribution in [0.4, 0.5) is 0 Å². The molecule has 23 heavy (non-hydrogen) atoms. The summed E-state index contributed by atoms with van der Waals surface area (Å²) in [5, 5.41) is 7.25. The first kappa shape index (κ1) is 15.8. The lowest BCUT2D eigenvalue weighted by atomic mass is 9.91. The highest BCUT2D eigenvalue weighted by molar-refractivity contribution is 5.77. The monoisotopic (exact) mass is 316 g/mol. The van der Waals surface area contributed by atoms with E-state index in [4.69, 9.17) is 4.42 Å². The summed E-state index contributed by atoms with van der Waals surface area (Å²) in [5.41, 5.74) is 1.33. The third-order valence-corrected chi connectivity index (χ3v) is 4.44. The Morgan fingerprint density at radius 2 is 2.26 bits per heavy atom. The maximum Gasteiger partial charge on any atom is 0.234 e. The molecule has 124 valence electrons. The fourth-order valence-electron chi connectivity index (χ4n) is 3.05. The Labute approximate surface area is 136 Å². The van der Waals surface area contributed by atoms with Gasteiger partial charge in [0.05, 0.1) is 25.5 Å². The molecule has 1 fully saturated rings. The van der Waals surface area contributed by atoms with Crippen molar-refractivity contribution in [1.82, 2.24) is 20.0 Å². The highest BCUT2D eigenvalue weighted by atomic mass is 16.3. The van der Waals surface area contributed by atoms with Crippen molar-refractivity contribution in [3.63, 3.8) is 0 Å². The molecule has 0 aromatic carbocycles. The van der Waals surface area contributed by atoms with Gasteiger partial charge in [0.25, 0.3) is 0 Å². The highest BCUT2D eigenvalue weighted by Gasteiger charge is 2.22. The SMILES string of the molecule is CCn1cc(C2CCN(CC(=O)NCc3ccco3)CC2)cn1. The average molecular weight is 316 g/mol. The second-order valence-electron chi connectivity index (χ2n) is 6.04. The molecule has 0 bridgehead atoms. The number of hydrogen-bond donors (Lipinski definition) is 1. The van der Waals surface area contributed by atoms with Gasteiger partial charge in [-0.2, -0.15) is 5.10 Å². The first-order valence-electron chi connectivity index (χ1n) is 8.28. The van der Waals surface area contributed by atoms with Gasteiger partial charge in [0, 0.05) is 12.7 Å². The number of nitrogens with zero attached hydrogens (tertiary/aromatic N) is 3. The van der Waals surface area contributed by atoms with Gasteiger partial charge in [0.2, 0.25) is 5.91 Å². The number of aromatic nitrogens is 2. The first-order valence-corrected chi connectivity index (χ1v) is 8.28. The van der Waals surface area contributed by atoms with E-state index in [9.17, 15) is 4.79 Å².